The smallest absolute Gasteiger partial charge is 0.343 e. The lowest BCUT2D eigenvalue weighted by Crippen LogP contribution is -2.08. The highest BCUT2D eigenvalue weighted by molar-refractivity contribution is 14.1. The Bertz CT molecular complexity index is 925. The molecule has 6 heteroatoms. The fourth-order valence-electron chi connectivity index (χ4n) is 2.68. The zero-order chi connectivity index (χ0) is 21.2. The molecule has 2 N–H and O–H groups in total. The summed E-state index contributed by atoms with van der Waals surface area (Å²) >= 11 is 2.28. The molecule has 0 radical (unpaired) electrons. The molecule has 0 amide bonds. The summed E-state index contributed by atoms with van der Waals surface area (Å²) in [5.74, 6) is 1.70. The minimum Gasteiger partial charge on any atom is -0.494 e. The number of hydrogen-bond donors (Lipinski definition) is 1. The first-order valence-electron chi connectivity index (χ1n) is 9.79. The Morgan fingerprint density at radius 2 is 1.20 bits per heavy atom. The van der Waals surface area contributed by atoms with Crippen LogP contribution in [0.5, 0.6) is 17.2 Å². The molecule has 30 heavy (non-hydrogen) atoms. The van der Waals surface area contributed by atoms with Gasteiger partial charge < -0.3 is 19.9 Å². The van der Waals surface area contributed by atoms with Crippen molar-refractivity contribution >= 4 is 34.2 Å². The Labute approximate surface area is 190 Å². The van der Waals surface area contributed by atoms with Crippen LogP contribution in [0.15, 0.2) is 72.8 Å². The average Bonchev–Trinajstić information content (AvgIpc) is 2.76. The van der Waals surface area contributed by atoms with Crippen molar-refractivity contribution < 1.29 is 19.0 Å². The number of carbonyl (C=O) groups excluding carboxylic acids is 1. The maximum Gasteiger partial charge on any atom is 0.343 e. The third-order valence-electron chi connectivity index (χ3n) is 4.32. The van der Waals surface area contributed by atoms with E-state index in [1.165, 1.54) is 3.57 Å². The van der Waals surface area contributed by atoms with Crippen LogP contribution in [0.4, 0.5) is 5.69 Å². The first-order chi connectivity index (χ1) is 14.6. The molecule has 5 nitrogen and oxygen atoms in total. The Morgan fingerprint density at radius 1 is 0.700 bits per heavy atom. The molecule has 0 aliphatic rings. The predicted octanol–water partition coefficient (Wildman–Crippen LogP) is 5.72. The second kappa shape index (κ2) is 11.4. The van der Waals surface area contributed by atoms with Gasteiger partial charge in [-0.1, -0.05) is 0 Å². The standard InChI is InChI=1S/C24H24INO4/c25-19-6-10-21(11-7-19)28-16-2-1-3-17-29-22-12-14-23(15-13-22)30-24(27)18-4-8-20(26)9-5-18/h4-15H,1-3,16-17,26H2. The van der Waals surface area contributed by atoms with Crippen LogP contribution in [0.1, 0.15) is 29.6 Å². The zero-order valence-corrected chi connectivity index (χ0v) is 18.7. The Hall–Kier alpha value is -2.74. The van der Waals surface area contributed by atoms with Gasteiger partial charge >= 0.3 is 5.97 Å². The van der Waals surface area contributed by atoms with Crippen LogP contribution in [0.25, 0.3) is 0 Å². The lowest BCUT2D eigenvalue weighted by molar-refractivity contribution is 0.0734. The molecule has 0 aliphatic carbocycles. The van der Waals surface area contributed by atoms with E-state index in [9.17, 15) is 4.79 Å². The third kappa shape index (κ3) is 7.26. The van der Waals surface area contributed by atoms with Crippen LogP contribution in [0, 0.1) is 3.57 Å². The van der Waals surface area contributed by atoms with Crippen LogP contribution in [0.2, 0.25) is 0 Å². The van der Waals surface area contributed by atoms with E-state index >= 15 is 0 Å². The minimum atomic E-state index is -0.420. The van der Waals surface area contributed by atoms with Crippen LogP contribution < -0.4 is 19.9 Å². The van der Waals surface area contributed by atoms with Gasteiger partial charge in [0, 0.05) is 9.26 Å². The third-order valence-corrected chi connectivity index (χ3v) is 5.04. The van der Waals surface area contributed by atoms with Crippen molar-refractivity contribution in [3.8, 4) is 17.2 Å². The van der Waals surface area contributed by atoms with Gasteiger partial charge in [0.05, 0.1) is 18.8 Å². The monoisotopic (exact) mass is 517 g/mol. The van der Waals surface area contributed by atoms with Crippen LogP contribution in [0.3, 0.4) is 0 Å². The number of nitrogens with two attached hydrogens (primary N) is 1. The molecule has 3 aromatic rings. The molecule has 0 saturated heterocycles. The van der Waals surface area contributed by atoms with Crippen LogP contribution in [-0.2, 0) is 0 Å². The lowest BCUT2D eigenvalue weighted by Gasteiger charge is -2.09. The average molecular weight is 517 g/mol. The van der Waals surface area contributed by atoms with Crippen molar-refractivity contribution in [1.82, 2.24) is 0 Å². The normalized spacial score (nSPS) is 10.4. The van der Waals surface area contributed by atoms with E-state index in [4.69, 9.17) is 19.9 Å². The lowest BCUT2D eigenvalue weighted by atomic mass is 10.2. The van der Waals surface area contributed by atoms with E-state index < -0.39 is 5.97 Å². The Kier molecular flexibility index (Phi) is 8.38. The molecule has 0 aliphatic heterocycles. The molecule has 156 valence electrons. The van der Waals surface area contributed by atoms with Crippen LogP contribution >= 0.6 is 22.6 Å². The van der Waals surface area contributed by atoms with Crippen molar-refractivity contribution in [3.05, 3.63) is 81.9 Å². The molecule has 3 aromatic carbocycles. The number of nitrogen functional groups attached to an aromatic ring is 1. The van der Waals surface area contributed by atoms with Gasteiger partial charge in [-0.2, -0.15) is 0 Å². The summed E-state index contributed by atoms with van der Waals surface area (Å²) in [6.45, 7) is 1.34. The van der Waals surface area contributed by atoms with Gasteiger partial charge in [0.15, 0.2) is 0 Å². The van der Waals surface area contributed by atoms with Gasteiger partial charge in [-0.05, 0) is 115 Å². The molecule has 0 fully saturated rings. The summed E-state index contributed by atoms with van der Waals surface area (Å²) in [5, 5.41) is 0. The number of anilines is 1. The quantitative estimate of drug-likeness (QED) is 0.123. The number of carbonyl (C=O) groups is 1. The highest BCUT2D eigenvalue weighted by atomic mass is 127. The van der Waals surface area contributed by atoms with Gasteiger partial charge in [0.2, 0.25) is 0 Å². The van der Waals surface area contributed by atoms with Gasteiger partial charge in [-0.25, -0.2) is 4.79 Å². The fraction of sp³-hybridized carbons (Fsp3) is 0.208. The molecule has 0 unspecified atom stereocenters. The number of hydrogen-bond acceptors (Lipinski definition) is 5. The Balaban J connectivity index is 1.31. The molecule has 0 spiro atoms. The first kappa shape index (κ1) is 22.0. The number of halogens is 1. The number of esters is 1. The molecular formula is C24H24INO4. The van der Waals surface area contributed by atoms with E-state index in [0.29, 0.717) is 30.2 Å². The van der Waals surface area contributed by atoms with E-state index in [1.807, 2.05) is 24.3 Å². The van der Waals surface area contributed by atoms with E-state index in [1.54, 1.807) is 48.5 Å². The van der Waals surface area contributed by atoms with Crippen molar-refractivity contribution in [2.75, 3.05) is 18.9 Å². The number of benzene rings is 3. The predicted molar refractivity (Wildman–Crippen MR) is 126 cm³/mol. The van der Waals surface area contributed by atoms with E-state index in [-0.39, 0.29) is 0 Å². The van der Waals surface area contributed by atoms with E-state index in [0.717, 1.165) is 30.8 Å². The molecule has 0 bridgehead atoms. The molecule has 0 saturated carbocycles. The van der Waals surface area contributed by atoms with Gasteiger partial charge in [-0.3, -0.25) is 0 Å². The maximum absolute atomic E-state index is 12.1. The highest BCUT2D eigenvalue weighted by Gasteiger charge is 2.08. The van der Waals surface area contributed by atoms with Crippen molar-refractivity contribution in [2.45, 2.75) is 19.3 Å². The summed E-state index contributed by atoms with van der Waals surface area (Å²) in [6.07, 6.45) is 2.96. The summed E-state index contributed by atoms with van der Waals surface area (Å²) in [7, 11) is 0. The number of ether oxygens (including phenoxy) is 3. The minimum absolute atomic E-state index is 0.420. The second-order valence-corrected chi connectivity index (χ2v) is 7.94. The van der Waals surface area contributed by atoms with Crippen molar-refractivity contribution in [2.24, 2.45) is 0 Å². The Morgan fingerprint density at radius 3 is 1.77 bits per heavy atom. The topological polar surface area (TPSA) is 70.8 Å². The molecular weight excluding hydrogens is 493 g/mol. The largest absolute Gasteiger partial charge is 0.494 e. The SMILES string of the molecule is Nc1ccc(C(=O)Oc2ccc(OCCCCCOc3ccc(I)cc3)cc2)cc1. The van der Waals surface area contributed by atoms with Crippen molar-refractivity contribution in [1.29, 1.82) is 0 Å². The zero-order valence-electron chi connectivity index (χ0n) is 16.6. The van der Waals surface area contributed by atoms with Gasteiger partial charge in [-0.15, -0.1) is 0 Å². The van der Waals surface area contributed by atoms with Crippen LogP contribution in [-0.4, -0.2) is 19.2 Å². The summed E-state index contributed by atoms with van der Waals surface area (Å²) in [5.41, 5.74) is 6.68. The molecule has 3 rings (SSSR count). The molecule has 0 aromatic heterocycles. The van der Waals surface area contributed by atoms with Gasteiger partial charge in [0.25, 0.3) is 0 Å². The highest BCUT2D eigenvalue weighted by Crippen LogP contribution is 2.19. The summed E-state index contributed by atoms with van der Waals surface area (Å²) < 4.78 is 18.0. The fourth-order valence-corrected chi connectivity index (χ4v) is 3.04. The first-order valence-corrected chi connectivity index (χ1v) is 10.9. The van der Waals surface area contributed by atoms with Gasteiger partial charge in [0.1, 0.15) is 17.2 Å². The van der Waals surface area contributed by atoms with Crippen molar-refractivity contribution in [3.63, 3.8) is 0 Å². The number of unbranched alkanes of at least 4 members (excludes halogenated alkanes) is 2. The van der Waals surface area contributed by atoms with E-state index in [2.05, 4.69) is 22.6 Å². The second-order valence-electron chi connectivity index (χ2n) is 6.69. The molecule has 0 heterocycles. The summed E-state index contributed by atoms with van der Waals surface area (Å²) in [4.78, 5) is 12.1. The molecule has 0 atom stereocenters. The number of rotatable bonds is 10. The maximum atomic E-state index is 12.1. The summed E-state index contributed by atoms with van der Waals surface area (Å²) in [6, 6.07) is 21.7.